The van der Waals surface area contributed by atoms with Gasteiger partial charge in [0.05, 0.1) is 0 Å². The Morgan fingerprint density at radius 2 is 2.12 bits per heavy atom. The molecule has 0 bridgehead atoms. The number of carbonyl (C=O) groups is 1. The maximum absolute atomic E-state index is 13.8. The molecule has 0 spiro atoms. The van der Waals surface area contributed by atoms with Crippen LogP contribution in [0.25, 0.3) is 0 Å². The molecule has 1 atom stereocenters. The van der Waals surface area contributed by atoms with Crippen molar-refractivity contribution in [1.29, 1.82) is 0 Å². The number of hydrogen-bond acceptors (Lipinski definition) is 3. The van der Waals surface area contributed by atoms with E-state index in [1.807, 2.05) is 0 Å². The molecule has 1 saturated heterocycles. The summed E-state index contributed by atoms with van der Waals surface area (Å²) in [7, 11) is 1.59. The van der Waals surface area contributed by atoms with Gasteiger partial charge in [0, 0.05) is 18.3 Å². The summed E-state index contributed by atoms with van der Waals surface area (Å²) in [6.07, 6.45) is -0.457. The average molecular weight is 238 g/mol. The molecule has 17 heavy (non-hydrogen) atoms. The van der Waals surface area contributed by atoms with Gasteiger partial charge in [0.25, 0.3) is 0 Å². The van der Waals surface area contributed by atoms with Gasteiger partial charge in [-0.1, -0.05) is 0 Å². The van der Waals surface area contributed by atoms with E-state index >= 15 is 0 Å². The van der Waals surface area contributed by atoms with E-state index in [1.165, 1.54) is 17.0 Å². The quantitative estimate of drug-likeness (QED) is 0.764. The van der Waals surface area contributed by atoms with Crippen molar-refractivity contribution in [2.24, 2.45) is 0 Å². The predicted octanol–water partition coefficient (Wildman–Crippen LogP) is 2.31. The van der Waals surface area contributed by atoms with Crippen molar-refractivity contribution in [3.05, 3.63) is 29.6 Å². The highest BCUT2D eigenvalue weighted by Gasteiger charge is 2.47. The highest BCUT2D eigenvalue weighted by molar-refractivity contribution is 5.71. The number of carbonyl (C=O) groups excluding carboxylic acids is 1. The van der Waals surface area contributed by atoms with Gasteiger partial charge in [0.1, 0.15) is 17.5 Å². The van der Waals surface area contributed by atoms with Gasteiger partial charge in [-0.25, -0.2) is 9.18 Å². The molecule has 1 aliphatic rings. The second-order valence-electron chi connectivity index (χ2n) is 4.77. The van der Waals surface area contributed by atoms with Crippen molar-refractivity contribution in [3.63, 3.8) is 0 Å². The van der Waals surface area contributed by atoms with Crippen LogP contribution in [0.4, 0.5) is 14.9 Å². The molecular formula is C12H15FN2O2. The zero-order chi connectivity index (χ0) is 12.8. The summed E-state index contributed by atoms with van der Waals surface area (Å²) in [5.41, 5.74) is 5.72. The number of halogens is 1. The number of nitrogens with zero attached hydrogens (tertiary/aromatic N) is 1. The molecule has 0 aliphatic carbocycles. The highest BCUT2D eigenvalue weighted by atomic mass is 19.1. The summed E-state index contributed by atoms with van der Waals surface area (Å²) >= 11 is 0. The molecule has 1 fully saturated rings. The van der Waals surface area contributed by atoms with Gasteiger partial charge in [0.15, 0.2) is 0 Å². The molecule has 92 valence electrons. The number of cyclic esters (lactones) is 1. The zero-order valence-corrected chi connectivity index (χ0v) is 10.0. The van der Waals surface area contributed by atoms with E-state index in [1.54, 1.807) is 27.0 Å². The van der Waals surface area contributed by atoms with Crippen molar-refractivity contribution in [1.82, 2.24) is 4.90 Å². The van der Waals surface area contributed by atoms with E-state index in [0.29, 0.717) is 11.3 Å². The minimum atomic E-state index is -0.777. The third-order valence-electron chi connectivity index (χ3n) is 3.00. The van der Waals surface area contributed by atoms with Crippen LogP contribution in [0.15, 0.2) is 18.2 Å². The van der Waals surface area contributed by atoms with E-state index < -0.39 is 17.7 Å². The summed E-state index contributed by atoms with van der Waals surface area (Å²) in [4.78, 5) is 12.9. The van der Waals surface area contributed by atoms with Crippen LogP contribution in [0.3, 0.4) is 0 Å². The Morgan fingerprint density at radius 3 is 2.65 bits per heavy atom. The lowest BCUT2D eigenvalue weighted by Gasteiger charge is -2.27. The van der Waals surface area contributed by atoms with Crippen LogP contribution in [0.2, 0.25) is 0 Å². The Bertz CT molecular complexity index is 474. The number of amides is 1. The molecule has 2 N–H and O–H groups in total. The van der Waals surface area contributed by atoms with Crippen molar-refractivity contribution in [2.75, 3.05) is 12.8 Å². The van der Waals surface area contributed by atoms with E-state index in [9.17, 15) is 9.18 Å². The summed E-state index contributed by atoms with van der Waals surface area (Å²) in [6.45, 7) is 3.50. The summed E-state index contributed by atoms with van der Waals surface area (Å²) in [5, 5.41) is 0. The lowest BCUT2D eigenvalue weighted by atomic mass is 9.91. The van der Waals surface area contributed by atoms with Crippen LogP contribution in [-0.4, -0.2) is 23.6 Å². The molecule has 0 saturated carbocycles. The fourth-order valence-electron chi connectivity index (χ4n) is 2.28. The monoisotopic (exact) mass is 238 g/mol. The van der Waals surface area contributed by atoms with Crippen LogP contribution in [0, 0.1) is 5.82 Å². The minimum absolute atomic E-state index is 0.378. The number of ether oxygens (including phenoxy) is 1. The normalized spacial score (nSPS) is 22.7. The first-order valence-corrected chi connectivity index (χ1v) is 5.33. The number of nitrogens with two attached hydrogens (primary N) is 1. The lowest BCUT2D eigenvalue weighted by Crippen LogP contribution is -2.32. The van der Waals surface area contributed by atoms with Gasteiger partial charge >= 0.3 is 6.09 Å². The van der Waals surface area contributed by atoms with E-state index in [0.717, 1.165) is 0 Å². The Labute approximate surface area is 99.2 Å². The van der Waals surface area contributed by atoms with Gasteiger partial charge in [0.2, 0.25) is 0 Å². The van der Waals surface area contributed by atoms with E-state index in [-0.39, 0.29) is 5.82 Å². The van der Waals surface area contributed by atoms with Crippen LogP contribution < -0.4 is 5.73 Å². The SMILES string of the molecule is CN1C(=O)OC(C)(C)C1c1cc(N)ccc1F. The summed E-state index contributed by atoms with van der Waals surface area (Å²) in [5.74, 6) is -0.387. The third kappa shape index (κ3) is 1.81. The van der Waals surface area contributed by atoms with Crippen LogP contribution in [0.5, 0.6) is 0 Å². The maximum Gasteiger partial charge on any atom is 0.410 e. The summed E-state index contributed by atoms with van der Waals surface area (Å²) < 4.78 is 19.0. The molecule has 1 aromatic carbocycles. The molecule has 5 heteroatoms. The standard InChI is InChI=1S/C12H15FN2O2/c1-12(2)10(15(3)11(16)17-12)8-6-7(14)4-5-9(8)13/h4-6,10H,14H2,1-3H3. The molecular weight excluding hydrogens is 223 g/mol. The zero-order valence-electron chi connectivity index (χ0n) is 10.0. The van der Waals surface area contributed by atoms with Crippen LogP contribution in [-0.2, 0) is 4.74 Å². The van der Waals surface area contributed by atoms with Crippen LogP contribution >= 0.6 is 0 Å². The Balaban J connectivity index is 2.52. The Hall–Kier alpha value is -1.78. The third-order valence-corrected chi connectivity index (χ3v) is 3.00. The average Bonchev–Trinajstić information content (AvgIpc) is 2.41. The second kappa shape index (κ2) is 3.61. The van der Waals surface area contributed by atoms with Gasteiger partial charge in [-0.2, -0.15) is 0 Å². The predicted molar refractivity (Wildman–Crippen MR) is 61.9 cm³/mol. The first kappa shape index (κ1) is 11.7. The van der Waals surface area contributed by atoms with Crippen molar-refractivity contribution in [2.45, 2.75) is 25.5 Å². The smallest absolute Gasteiger partial charge is 0.410 e. The number of hydrogen-bond donors (Lipinski definition) is 1. The number of benzene rings is 1. The Morgan fingerprint density at radius 1 is 1.47 bits per heavy atom. The number of rotatable bonds is 1. The maximum atomic E-state index is 13.8. The Kier molecular flexibility index (Phi) is 2.49. The fraction of sp³-hybridized carbons (Fsp3) is 0.417. The van der Waals surface area contributed by atoms with Gasteiger partial charge in [-0.15, -0.1) is 0 Å². The van der Waals surface area contributed by atoms with E-state index in [2.05, 4.69) is 0 Å². The number of anilines is 1. The molecule has 1 amide bonds. The van der Waals surface area contributed by atoms with Crippen molar-refractivity contribution in [3.8, 4) is 0 Å². The van der Waals surface area contributed by atoms with Crippen LogP contribution in [0.1, 0.15) is 25.5 Å². The van der Waals surface area contributed by atoms with Gasteiger partial charge in [-0.05, 0) is 32.0 Å². The van der Waals surface area contributed by atoms with E-state index in [4.69, 9.17) is 10.5 Å². The highest BCUT2D eigenvalue weighted by Crippen LogP contribution is 2.41. The molecule has 2 rings (SSSR count). The molecule has 0 radical (unpaired) electrons. The minimum Gasteiger partial charge on any atom is -0.441 e. The van der Waals surface area contributed by atoms with Gasteiger partial charge < -0.3 is 15.4 Å². The first-order valence-electron chi connectivity index (χ1n) is 5.33. The van der Waals surface area contributed by atoms with Crippen molar-refractivity contribution >= 4 is 11.8 Å². The lowest BCUT2D eigenvalue weighted by molar-refractivity contribution is 0.0669. The second-order valence-corrected chi connectivity index (χ2v) is 4.77. The molecule has 4 nitrogen and oxygen atoms in total. The molecule has 1 heterocycles. The number of nitrogen functional groups attached to an aromatic ring is 1. The number of likely N-dealkylation sites (N-methyl/N-ethyl adjacent to an activating group) is 1. The van der Waals surface area contributed by atoms with Crippen molar-refractivity contribution < 1.29 is 13.9 Å². The summed E-state index contributed by atoms with van der Waals surface area (Å²) in [6, 6.07) is 3.86. The molecule has 0 aromatic heterocycles. The largest absolute Gasteiger partial charge is 0.441 e. The molecule has 1 aromatic rings. The fourth-order valence-corrected chi connectivity index (χ4v) is 2.28. The first-order chi connectivity index (χ1) is 7.83. The topological polar surface area (TPSA) is 55.6 Å². The molecule has 1 unspecified atom stereocenters. The van der Waals surface area contributed by atoms with Gasteiger partial charge in [-0.3, -0.25) is 0 Å². The molecule has 1 aliphatic heterocycles.